The number of aromatic nitrogens is 1. The Labute approximate surface area is 248 Å². The summed E-state index contributed by atoms with van der Waals surface area (Å²) < 4.78 is 10.9. The molecular weight excluding hydrogens is 562 g/mol. The topological polar surface area (TPSA) is 179 Å². The molecule has 3 heterocycles. The van der Waals surface area contributed by atoms with Gasteiger partial charge in [-0.25, -0.2) is 9.78 Å². The Balaban J connectivity index is 1.49. The van der Waals surface area contributed by atoms with Crippen LogP contribution in [0.5, 0.6) is 5.75 Å². The van der Waals surface area contributed by atoms with Crippen LogP contribution in [0.3, 0.4) is 0 Å². The van der Waals surface area contributed by atoms with Gasteiger partial charge in [-0.05, 0) is 38.3 Å². The molecule has 0 aliphatic carbocycles. The summed E-state index contributed by atoms with van der Waals surface area (Å²) >= 11 is 0. The van der Waals surface area contributed by atoms with E-state index in [1.807, 2.05) is 0 Å². The number of hydrogen-bond donors (Lipinski definition) is 3. The first-order chi connectivity index (χ1) is 20.7. The average Bonchev–Trinajstić information content (AvgIpc) is 3.50. The maximum absolute atomic E-state index is 13.4. The van der Waals surface area contributed by atoms with Crippen LogP contribution in [0.15, 0.2) is 30.3 Å². The van der Waals surface area contributed by atoms with Crippen LogP contribution in [0.25, 0.3) is 10.9 Å². The third-order valence-electron chi connectivity index (χ3n) is 7.54. The highest BCUT2D eigenvalue weighted by molar-refractivity contribution is 5.99. The van der Waals surface area contributed by atoms with Crippen molar-refractivity contribution in [3.63, 3.8) is 0 Å². The van der Waals surface area contributed by atoms with Gasteiger partial charge in [0.25, 0.3) is 11.8 Å². The lowest BCUT2D eigenvalue weighted by atomic mass is 10.1. The SMILES string of the molecule is CCOC(=O)N1CCN(C(=O)[C@H](CCC(=O)O)NC(=O)c2cc(OCC(=O)N3CCC[C@@H]3CO)c3ccccc3n2)CC1. The Morgan fingerprint density at radius 3 is 2.49 bits per heavy atom. The smallest absolute Gasteiger partial charge is 0.409 e. The van der Waals surface area contributed by atoms with Gasteiger partial charge in [-0.15, -0.1) is 0 Å². The molecule has 3 N–H and O–H groups in total. The highest BCUT2D eigenvalue weighted by Crippen LogP contribution is 2.26. The molecule has 14 nitrogen and oxygen atoms in total. The highest BCUT2D eigenvalue weighted by Gasteiger charge is 2.32. The molecule has 2 fully saturated rings. The molecule has 4 amide bonds. The maximum Gasteiger partial charge on any atom is 0.409 e. The Morgan fingerprint density at radius 1 is 1.07 bits per heavy atom. The van der Waals surface area contributed by atoms with Crippen LogP contribution in [0.4, 0.5) is 4.79 Å². The number of carbonyl (C=O) groups is 5. The lowest BCUT2D eigenvalue weighted by Gasteiger charge is -2.35. The van der Waals surface area contributed by atoms with Gasteiger partial charge in [-0.3, -0.25) is 19.2 Å². The predicted molar refractivity (Wildman–Crippen MR) is 152 cm³/mol. The van der Waals surface area contributed by atoms with E-state index in [2.05, 4.69) is 10.3 Å². The minimum absolute atomic E-state index is 0.0733. The van der Waals surface area contributed by atoms with E-state index in [-0.39, 0.29) is 82.2 Å². The maximum atomic E-state index is 13.4. The van der Waals surface area contributed by atoms with Gasteiger partial charge in [0.05, 0.1) is 24.8 Å². The number of carbonyl (C=O) groups excluding carboxylic acids is 4. The van der Waals surface area contributed by atoms with E-state index in [0.29, 0.717) is 23.9 Å². The van der Waals surface area contributed by atoms with E-state index >= 15 is 0 Å². The Kier molecular flexibility index (Phi) is 10.7. The zero-order valence-electron chi connectivity index (χ0n) is 24.1. The van der Waals surface area contributed by atoms with Crippen LogP contribution >= 0.6 is 0 Å². The minimum atomic E-state index is -1.15. The van der Waals surface area contributed by atoms with Crippen LogP contribution in [0, 0.1) is 0 Å². The molecule has 232 valence electrons. The fraction of sp³-hybridized carbons (Fsp3) is 0.517. The molecular formula is C29H37N5O9. The summed E-state index contributed by atoms with van der Waals surface area (Å²) in [5, 5.41) is 22.0. The van der Waals surface area contributed by atoms with Crippen molar-refractivity contribution in [1.82, 2.24) is 25.0 Å². The number of amides is 4. The van der Waals surface area contributed by atoms with Crippen LogP contribution < -0.4 is 10.1 Å². The van der Waals surface area contributed by atoms with Gasteiger partial charge < -0.3 is 39.7 Å². The number of aliphatic hydroxyl groups is 1. The molecule has 2 atom stereocenters. The van der Waals surface area contributed by atoms with Gasteiger partial charge in [0.1, 0.15) is 17.5 Å². The van der Waals surface area contributed by atoms with Crippen molar-refractivity contribution in [1.29, 1.82) is 0 Å². The standard InChI is InChI=1S/C29H37N5O9/c1-2-42-29(41)33-14-12-32(13-15-33)28(40)22(9-10-26(37)38)31-27(39)23-16-24(20-7-3-4-8-21(20)30-23)43-18-25(36)34-11-5-6-19(34)17-35/h3-4,7-8,16,19,22,35H,2,5-6,9-15,17-18H2,1H3,(H,31,39)(H,37,38)/t19-,22+/m1/s1. The first kappa shape index (κ1) is 31.5. The summed E-state index contributed by atoms with van der Waals surface area (Å²) in [7, 11) is 0. The summed E-state index contributed by atoms with van der Waals surface area (Å²) in [4.78, 5) is 71.9. The quantitative estimate of drug-likeness (QED) is 0.335. The largest absolute Gasteiger partial charge is 0.483 e. The summed E-state index contributed by atoms with van der Waals surface area (Å²) in [6.07, 6.45) is 0.536. The van der Waals surface area contributed by atoms with E-state index < -0.39 is 29.9 Å². The summed E-state index contributed by atoms with van der Waals surface area (Å²) in [6.45, 7) is 2.92. The number of aliphatic hydroxyl groups excluding tert-OH is 1. The van der Waals surface area contributed by atoms with Gasteiger partial charge in [-0.1, -0.05) is 12.1 Å². The van der Waals surface area contributed by atoms with Crippen molar-refractivity contribution < 1.29 is 43.7 Å². The number of benzene rings is 1. The van der Waals surface area contributed by atoms with Crippen LogP contribution in [-0.2, 0) is 19.1 Å². The molecule has 1 aromatic heterocycles. The number of nitrogens with zero attached hydrogens (tertiary/aromatic N) is 4. The summed E-state index contributed by atoms with van der Waals surface area (Å²) in [5.41, 5.74) is 0.353. The number of fused-ring (bicyclic) bond motifs is 1. The Morgan fingerprint density at radius 2 is 1.79 bits per heavy atom. The van der Waals surface area contributed by atoms with Gasteiger partial charge in [-0.2, -0.15) is 0 Å². The van der Waals surface area contributed by atoms with E-state index in [0.717, 1.165) is 6.42 Å². The van der Waals surface area contributed by atoms with E-state index in [1.165, 1.54) is 15.9 Å². The number of likely N-dealkylation sites (tertiary alicyclic amines) is 1. The number of pyridine rings is 1. The minimum Gasteiger partial charge on any atom is -0.483 e. The number of carboxylic acids is 1. The molecule has 0 unspecified atom stereocenters. The van der Waals surface area contributed by atoms with Crippen molar-refractivity contribution in [3.05, 3.63) is 36.0 Å². The van der Waals surface area contributed by atoms with Crippen molar-refractivity contribution in [2.24, 2.45) is 0 Å². The fourth-order valence-corrected chi connectivity index (χ4v) is 5.26. The first-order valence-electron chi connectivity index (χ1n) is 14.4. The zero-order chi connectivity index (χ0) is 30.9. The Bertz CT molecular complexity index is 1340. The number of ether oxygens (including phenoxy) is 2. The molecule has 2 aromatic rings. The summed E-state index contributed by atoms with van der Waals surface area (Å²) in [6, 6.07) is 6.91. The lowest BCUT2D eigenvalue weighted by molar-refractivity contribution is -0.138. The molecule has 0 spiro atoms. The number of carboxylic acid groups (broad SMARTS) is 1. The second-order valence-electron chi connectivity index (χ2n) is 10.3. The molecule has 2 aliphatic heterocycles. The molecule has 0 saturated carbocycles. The number of rotatable bonds is 11. The molecule has 43 heavy (non-hydrogen) atoms. The predicted octanol–water partition coefficient (Wildman–Crippen LogP) is 0.861. The molecule has 1 aromatic carbocycles. The Hall–Kier alpha value is -4.46. The molecule has 2 aliphatic rings. The van der Waals surface area contributed by atoms with Gasteiger partial charge in [0.2, 0.25) is 5.91 Å². The number of aliphatic carboxylic acids is 1. The van der Waals surface area contributed by atoms with E-state index in [4.69, 9.17) is 9.47 Å². The number of nitrogens with one attached hydrogen (secondary N) is 1. The fourth-order valence-electron chi connectivity index (χ4n) is 5.26. The molecule has 2 saturated heterocycles. The second-order valence-corrected chi connectivity index (χ2v) is 10.3. The van der Waals surface area contributed by atoms with Crippen LogP contribution in [-0.4, -0.2) is 124 Å². The van der Waals surface area contributed by atoms with Gasteiger partial charge >= 0.3 is 12.1 Å². The lowest BCUT2D eigenvalue weighted by Crippen LogP contribution is -2.56. The van der Waals surface area contributed by atoms with Crippen LogP contribution in [0.1, 0.15) is 43.1 Å². The molecule has 4 rings (SSSR count). The molecule has 0 bridgehead atoms. The van der Waals surface area contributed by atoms with Gasteiger partial charge in [0, 0.05) is 50.6 Å². The van der Waals surface area contributed by atoms with Crippen molar-refractivity contribution in [3.8, 4) is 5.75 Å². The van der Waals surface area contributed by atoms with Gasteiger partial charge in [0.15, 0.2) is 6.61 Å². The number of para-hydroxylation sites is 1. The number of piperazine rings is 1. The van der Waals surface area contributed by atoms with Crippen molar-refractivity contribution in [2.45, 2.75) is 44.7 Å². The first-order valence-corrected chi connectivity index (χ1v) is 14.4. The average molecular weight is 600 g/mol. The van der Waals surface area contributed by atoms with Crippen molar-refractivity contribution >= 4 is 40.7 Å². The third kappa shape index (κ3) is 7.89. The normalized spacial score (nSPS) is 17.4. The van der Waals surface area contributed by atoms with Crippen molar-refractivity contribution in [2.75, 3.05) is 52.5 Å². The molecule has 14 heteroatoms. The third-order valence-corrected chi connectivity index (χ3v) is 7.54. The molecule has 0 radical (unpaired) electrons. The zero-order valence-corrected chi connectivity index (χ0v) is 24.1. The highest BCUT2D eigenvalue weighted by atomic mass is 16.6. The summed E-state index contributed by atoms with van der Waals surface area (Å²) in [5.74, 6) is -2.34. The van der Waals surface area contributed by atoms with E-state index in [9.17, 15) is 34.2 Å². The van der Waals surface area contributed by atoms with Crippen LogP contribution in [0.2, 0.25) is 0 Å². The second kappa shape index (κ2) is 14.6. The monoisotopic (exact) mass is 599 g/mol. The number of hydrogen-bond acceptors (Lipinski definition) is 9. The van der Waals surface area contributed by atoms with E-state index in [1.54, 1.807) is 36.1 Å².